The molecule has 5 aromatic rings. The monoisotopic (exact) mass is 399 g/mol. The Morgan fingerprint density at radius 3 is 1.93 bits per heavy atom. The molecule has 0 radical (unpaired) electrons. The van der Waals surface area contributed by atoms with E-state index in [1.165, 1.54) is 6.07 Å². The highest BCUT2D eigenvalue weighted by molar-refractivity contribution is 7.85. The van der Waals surface area contributed by atoms with Crippen molar-refractivity contribution in [2.75, 3.05) is 0 Å². The topological polar surface area (TPSA) is 70.2 Å². The molecule has 0 aliphatic rings. The van der Waals surface area contributed by atoms with E-state index in [2.05, 4.69) is 4.98 Å². The Bertz CT molecular complexity index is 1450. The summed E-state index contributed by atoms with van der Waals surface area (Å²) in [5.41, 5.74) is 5.38. The zero-order valence-corrected chi connectivity index (χ0v) is 16.1. The quantitative estimate of drug-likeness (QED) is 0.371. The summed E-state index contributed by atoms with van der Waals surface area (Å²) in [6.07, 6.45) is 0. The van der Waals surface area contributed by atoms with E-state index >= 15 is 0 Å². The average Bonchev–Trinajstić information content (AvgIpc) is 3.12. The van der Waals surface area contributed by atoms with Crippen LogP contribution in [0, 0.1) is 0 Å². The van der Waals surface area contributed by atoms with Gasteiger partial charge in [-0.3, -0.25) is 4.55 Å². The molecule has 0 atom stereocenters. The standard InChI is InChI=1S/C24H17NO3S/c26-29(27,28)18-14-20(17-10-5-2-6-11-17)24-21(15-18)23-19(12-7-13-22(23)25-24)16-8-3-1-4-9-16/h1-15,25H,(H,26,27,28). The number of hydrogen-bond donors (Lipinski definition) is 2. The number of H-pyrrole nitrogens is 1. The van der Waals surface area contributed by atoms with Gasteiger partial charge in [0.25, 0.3) is 10.1 Å². The van der Waals surface area contributed by atoms with Crippen LogP contribution in [0.4, 0.5) is 0 Å². The maximum atomic E-state index is 12.0. The number of aromatic nitrogens is 1. The van der Waals surface area contributed by atoms with E-state index in [4.69, 9.17) is 0 Å². The Kier molecular flexibility index (Phi) is 4.01. The lowest BCUT2D eigenvalue weighted by atomic mass is 9.97. The molecule has 5 heteroatoms. The molecule has 2 N–H and O–H groups in total. The van der Waals surface area contributed by atoms with E-state index in [1.54, 1.807) is 6.07 Å². The van der Waals surface area contributed by atoms with Gasteiger partial charge in [-0.05, 0) is 34.9 Å². The molecule has 0 amide bonds. The van der Waals surface area contributed by atoms with Crippen LogP contribution in [-0.4, -0.2) is 18.0 Å². The number of rotatable bonds is 3. The zero-order chi connectivity index (χ0) is 20.0. The molecule has 0 fully saturated rings. The predicted molar refractivity (Wildman–Crippen MR) is 116 cm³/mol. The number of benzene rings is 4. The lowest BCUT2D eigenvalue weighted by Crippen LogP contribution is -1.98. The first-order chi connectivity index (χ1) is 14.0. The number of aromatic amines is 1. The van der Waals surface area contributed by atoms with Crippen LogP contribution in [0.1, 0.15) is 0 Å². The molecule has 0 saturated carbocycles. The first kappa shape index (κ1) is 17.7. The Morgan fingerprint density at radius 2 is 1.31 bits per heavy atom. The maximum absolute atomic E-state index is 12.0. The highest BCUT2D eigenvalue weighted by atomic mass is 32.2. The average molecular weight is 399 g/mol. The predicted octanol–water partition coefficient (Wildman–Crippen LogP) is 5.90. The Hall–Kier alpha value is -3.41. The first-order valence-electron chi connectivity index (χ1n) is 9.19. The van der Waals surface area contributed by atoms with Gasteiger partial charge in [0.1, 0.15) is 0 Å². The van der Waals surface area contributed by atoms with Crippen LogP contribution in [0.15, 0.2) is 95.9 Å². The van der Waals surface area contributed by atoms with Crippen LogP contribution >= 0.6 is 0 Å². The summed E-state index contributed by atoms with van der Waals surface area (Å²) >= 11 is 0. The van der Waals surface area contributed by atoms with Crippen LogP contribution in [0.2, 0.25) is 0 Å². The molecule has 4 aromatic carbocycles. The third-order valence-corrected chi connectivity index (χ3v) is 6.00. The number of fused-ring (bicyclic) bond motifs is 3. The Balaban J connectivity index is 1.95. The molecular formula is C24H17NO3S. The van der Waals surface area contributed by atoms with Gasteiger partial charge < -0.3 is 4.98 Å². The SMILES string of the molecule is O=S(=O)(O)c1cc(-c2ccccc2)c2[nH]c3cccc(-c4ccccc4)c3c2c1. The van der Waals surface area contributed by atoms with Crippen LogP contribution < -0.4 is 0 Å². The van der Waals surface area contributed by atoms with E-state index in [9.17, 15) is 13.0 Å². The third-order valence-electron chi connectivity index (χ3n) is 5.17. The second kappa shape index (κ2) is 6.58. The highest BCUT2D eigenvalue weighted by Gasteiger charge is 2.19. The molecule has 0 spiro atoms. The number of nitrogens with one attached hydrogen (secondary N) is 1. The molecule has 0 unspecified atom stereocenters. The van der Waals surface area contributed by atoms with Crippen molar-refractivity contribution in [1.82, 2.24) is 4.98 Å². The van der Waals surface area contributed by atoms with Gasteiger partial charge in [-0.1, -0.05) is 72.8 Å². The summed E-state index contributed by atoms with van der Waals surface area (Å²) in [6.45, 7) is 0. The molecule has 4 nitrogen and oxygen atoms in total. The van der Waals surface area contributed by atoms with Gasteiger partial charge in [-0.25, -0.2) is 0 Å². The largest absolute Gasteiger partial charge is 0.354 e. The molecule has 5 rings (SSSR count). The molecule has 29 heavy (non-hydrogen) atoms. The van der Waals surface area contributed by atoms with Gasteiger partial charge in [0, 0.05) is 21.9 Å². The Labute approximate surface area is 168 Å². The van der Waals surface area contributed by atoms with Gasteiger partial charge in [0.05, 0.1) is 10.4 Å². The fourth-order valence-corrected chi connectivity index (χ4v) is 4.41. The maximum Gasteiger partial charge on any atom is 0.294 e. The van der Waals surface area contributed by atoms with Crippen LogP contribution in [0.3, 0.4) is 0 Å². The van der Waals surface area contributed by atoms with Crippen molar-refractivity contribution in [3.8, 4) is 22.3 Å². The lowest BCUT2D eigenvalue weighted by molar-refractivity contribution is 0.483. The summed E-state index contributed by atoms with van der Waals surface area (Å²) in [5.74, 6) is 0. The van der Waals surface area contributed by atoms with Crippen molar-refractivity contribution < 1.29 is 13.0 Å². The van der Waals surface area contributed by atoms with E-state index < -0.39 is 10.1 Å². The highest BCUT2D eigenvalue weighted by Crippen LogP contribution is 2.39. The van der Waals surface area contributed by atoms with Gasteiger partial charge in [0.15, 0.2) is 0 Å². The van der Waals surface area contributed by atoms with Gasteiger partial charge in [-0.2, -0.15) is 8.42 Å². The van der Waals surface area contributed by atoms with E-state index in [0.717, 1.165) is 44.1 Å². The minimum absolute atomic E-state index is 0.118. The second-order valence-electron chi connectivity index (χ2n) is 6.95. The number of hydrogen-bond acceptors (Lipinski definition) is 2. The molecule has 142 valence electrons. The van der Waals surface area contributed by atoms with Gasteiger partial charge in [-0.15, -0.1) is 0 Å². The third kappa shape index (κ3) is 3.01. The Morgan fingerprint density at radius 1 is 0.690 bits per heavy atom. The summed E-state index contributed by atoms with van der Waals surface area (Å²) < 4.78 is 33.8. The molecular weight excluding hydrogens is 382 g/mol. The van der Waals surface area contributed by atoms with Crippen LogP contribution in [0.25, 0.3) is 44.1 Å². The normalized spacial score (nSPS) is 11.9. The van der Waals surface area contributed by atoms with Gasteiger partial charge >= 0.3 is 0 Å². The molecule has 0 aliphatic carbocycles. The van der Waals surface area contributed by atoms with E-state index in [1.807, 2.05) is 78.9 Å². The molecule has 0 saturated heterocycles. The molecule has 1 aromatic heterocycles. The lowest BCUT2D eigenvalue weighted by Gasteiger charge is -2.08. The van der Waals surface area contributed by atoms with Crippen molar-refractivity contribution in [2.45, 2.75) is 4.90 Å². The minimum Gasteiger partial charge on any atom is -0.354 e. The van der Waals surface area contributed by atoms with Crippen molar-refractivity contribution in [3.63, 3.8) is 0 Å². The van der Waals surface area contributed by atoms with Crippen molar-refractivity contribution in [3.05, 3.63) is 91.0 Å². The van der Waals surface area contributed by atoms with E-state index in [-0.39, 0.29) is 4.90 Å². The van der Waals surface area contributed by atoms with Crippen molar-refractivity contribution in [2.24, 2.45) is 0 Å². The van der Waals surface area contributed by atoms with Crippen LogP contribution in [0.5, 0.6) is 0 Å². The fourth-order valence-electron chi connectivity index (χ4n) is 3.88. The summed E-state index contributed by atoms with van der Waals surface area (Å²) in [6, 6.07) is 28.6. The molecule has 0 bridgehead atoms. The minimum atomic E-state index is -4.36. The second-order valence-corrected chi connectivity index (χ2v) is 8.38. The summed E-state index contributed by atoms with van der Waals surface area (Å²) in [7, 11) is -4.36. The summed E-state index contributed by atoms with van der Waals surface area (Å²) in [5, 5.41) is 1.69. The van der Waals surface area contributed by atoms with Gasteiger partial charge in [0.2, 0.25) is 0 Å². The van der Waals surface area contributed by atoms with E-state index in [0.29, 0.717) is 0 Å². The molecule has 0 aliphatic heterocycles. The first-order valence-corrected chi connectivity index (χ1v) is 10.6. The zero-order valence-electron chi connectivity index (χ0n) is 15.3. The molecule has 1 heterocycles. The van der Waals surface area contributed by atoms with Crippen LogP contribution in [-0.2, 0) is 10.1 Å². The summed E-state index contributed by atoms with van der Waals surface area (Å²) in [4.78, 5) is 3.34. The smallest absolute Gasteiger partial charge is 0.294 e. The van der Waals surface area contributed by atoms with Crippen molar-refractivity contribution >= 4 is 31.9 Å². The fraction of sp³-hybridized carbons (Fsp3) is 0. The van der Waals surface area contributed by atoms with Crippen molar-refractivity contribution in [1.29, 1.82) is 0 Å².